The summed E-state index contributed by atoms with van der Waals surface area (Å²) >= 11 is 5.77. The number of rotatable bonds is 3. The maximum absolute atomic E-state index is 5.77. The fourth-order valence-corrected chi connectivity index (χ4v) is 1.56. The van der Waals surface area contributed by atoms with Crippen LogP contribution in [-0.4, -0.2) is 24.1 Å². The van der Waals surface area contributed by atoms with Gasteiger partial charge in [-0.1, -0.05) is 17.7 Å². The predicted octanol–water partition coefficient (Wildman–Crippen LogP) is 2.94. The van der Waals surface area contributed by atoms with Crippen LogP contribution in [0.2, 0.25) is 5.15 Å². The molecule has 0 unspecified atom stereocenters. The minimum absolute atomic E-state index is 0.374. The quantitative estimate of drug-likeness (QED) is 0.907. The van der Waals surface area contributed by atoms with Gasteiger partial charge in [-0.15, -0.1) is 0 Å². The van der Waals surface area contributed by atoms with Gasteiger partial charge in [0.05, 0.1) is 12.4 Å². The van der Waals surface area contributed by atoms with E-state index in [1.807, 2.05) is 43.3 Å². The smallest absolute Gasteiger partial charge is 0.150 e. The zero-order chi connectivity index (χ0) is 12.3. The summed E-state index contributed by atoms with van der Waals surface area (Å²) < 4.78 is 0. The summed E-state index contributed by atoms with van der Waals surface area (Å²) in [6.45, 7) is 0. The largest absolute Gasteiger partial charge is 0.378 e. The molecular formula is C12H13ClN4. The maximum atomic E-state index is 5.77. The van der Waals surface area contributed by atoms with Crippen molar-refractivity contribution in [1.29, 1.82) is 0 Å². The van der Waals surface area contributed by atoms with E-state index >= 15 is 0 Å². The van der Waals surface area contributed by atoms with Gasteiger partial charge in [0.1, 0.15) is 5.15 Å². The molecule has 0 atom stereocenters. The third-order valence-corrected chi connectivity index (χ3v) is 2.42. The number of aromatic nitrogens is 2. The van der Waals surface area contributed by atoms with Crippen LogP contribution in [0.5, 0.6) is 0 Å². The Morgan fingerprint density at radius 2 is 2.06 bits per heavy atom. The van der Waals surface area contributed by atoms with E-state index < -0.39 is 0 Å². The lowest BCUT2D eigenvalue weighted by molar-refractivity contribution is 1.13. The van der Waals surface area contributed by atoms with E-state index in [9.17, 15) is 0 Å². The van der Waals surface area contributed by atoms with E-state index in [1.54, 1.807) is 6.20 Å². The number of hydrogen-bond acceptors (Lipinski definition) is 4. The molecule has 88 valence electrons. The Balaban J connectivity index is 2.21. The zero-order valence-corrected chi connectivity index (χ0v) is 10.4. The summed E-state index contributed by atoms with van der Waals surface area (Å²) in [5.74, 6) is 0.633. The Bertz CT molecular complexity index is 513. The summed E-state index contributed by atoms with van der Waals surface area (Å²) in [7, 11) is 4.00. The Morgan fingerprint density at radius 1 is 1.24 bits per heavy atom. The Hall–Kier alpha value is -1.81. The summed E-state index contributed by atoms with van der Waals surface area (Å²) in [6, 6.07) is 8.02. The van der Waals surface area contributed by atoms with Crippen LogP contribution in [0.4, 0.5) is 17.2 Å². The van der Waals surface area contributed by atoms with Crippen molar-refractivity contribution in [3.05, 3.63) is 41.8 Å². The molecule has 17 heavy (non-hydrogen) atoms. The third-order valence-electron chi connectivity index (χ3n) is 2.24. The SMILES string of the molecule is CN(C)c1cccc(Nc2cncc(Cl)n2)c1. The van der Waals surface area contributed by atoms with Crippen molar-refractivity contribution >= 4 is 28.8 Å². The number of halogens is 1. The lowest BCUT2D eigenvalue weighted by Gasteiger charge is -2.14. The third kappa shape index (κ3) is 3.07. The Kier molecular flexibility index (Phi) is 3.44. The van der Waals surface area contributed by atoms with Gasteiger partial charge in [0.25, 0.3) is 0 Å². The van der Waals surface area contributed by atoms with E-state index in [2.05, 4.69) is 15.3 Å². The highest BCUT2D eigenvalue weighted by atomic mass is 35.5. The number of benzene rings is 1. The molecule has 0 fully saturated rings. The van der Waals surface area contributed by atoms with Crippen molar-refractivity contribution in [1.82, 2.24) is 9.97 Å². The van der Waals surface area contributed by atoms with E-state index in [0.29, 0.717) is 11.0 Å². The van der Waals surface area contributed by atoms with Crippen molar-refractivity contribution in [2.75, 3.05) is 24.3 Å². The van der Waals surface area contributed by atoms with Gasteiger partial charge in [-0.05, 0) is 18.2 Å². The molecule has 1 N–H and O–H groups in total. The van der Waals surface area contributed by atoms with Gasteiger partial charge < -0.3 is 10.2 Å². The van der Waals surface area contributed by atoms with Crippen molar-refractivity contribution < 1.29 is 0 Å². The van der Waals surface area contributed by atoms with Crippen LogP contribution in [0.3, 0.4) is 0 Å². The van der Waals surface area contributed by atoms with Crippen LogP contribution < -0.4 is 10.2 Å². The van der Waals surface area contributed by atoms with Crippen molar-refractivity contribution in [3.8, 4) is 0 Å². The van der Waals surface area contributed by atoms with Crippen molar-refractivity contribution in [3.63, 3.8) is 0 Å². The standard InChI is InChI=1S/C12H13ClN4/c1-17(2)10-5-3-4-9(6-10)15-12-8-14-7-11(13)16-12/h3-8H,1-2H3,(H,15,16). The second kappa shape index (κ2) is 5.01. The monoisotopic (exact) mass is 248 g/mol. The van der Waals surface area contributed by atoms with Gasteiger partial charge >= 0.3 is 0 Å². The van der Waals surface area contributed by atoms with Gasteiger partial charge in [-0.25, -0.2) is 4.98 Å². The molecule has 1 aromatic heterocycles. The first-order chi connectivity index (χ1) is 8.15. The number of nitrogens with one attached hydrogen (secondary N) is 1. The van der Waals surface area contributed by atoms with Crippen LogP contribution in [-0.2, 0) is 0 Å². The average Bonchev–Trinajstić information content (AvgIpc) is 2.29. The molecule has 0 radical (unpaired) electrons. The first-order valence-corrected chi connectivity index (χ1v) is 5.55. The predicted molar refractivity (Wildman–Crippen MR) is 71.1 cm³/mol. The molecule has 2 aromatic rings. The first-order valence-electron chi connectivity index (χ1n) is 5.17. The molecule has 0 spiro atoms. The van der Waals surface area contributed by atoms with Gasteiger partial charge in [0.15, 0.2) is 5.82 Å². The Morgan fingerprint density at radius 3 is 2.76 bits per heavy atom. The van der Waals surface area contributed by atoms with Gasteiger partial charge in [0.2, 0.25) is 0 Å². The van der Waals surface area contributed by atoms with Gasteiger partial charge in [-0.2, -0.15) is 0 Å². The summed E-state index contributed by atoms with van der Waals surface area (Å²) in [5, 5.41) is 3.53. The topological polar surface area (TPSA) is 41.0 Å². The molecule has 0 saturated heterocycles. The van der Waals surface area contributed by atoms with Crippen LogP contribution in [0, 0.1) is 0 Å². The second-order valence-corrected chi connectivity index (χ2v) is 4.18. The maximum Gasteiger partial charge on any atom is 0.150 e. The van der Waals surface area contributed by atoms with E-state index in [-0.39, 0.29) is 0 Å². The number of hydrogen-bond donors (Lipinski definition) is 1. The lowest BCUT2D eigenvalue weighted by Crippen LogP contribution is -2.08. The van der Waals surface area contributed by atoms with Crippen molar-refractivity contribution in [2.45, 2.75) is 0 Å². The molecule has 0 amide bonds. The molecule has 0 aliphatic rings. The molecule has 1 heterocycles. The molecular weight excluding hydrogens is 236 g/mol. The summed E-state index contributed by atoms with van der Waals surface area (Å²) in [4.78, 5) is 10.1. The molecule has 0 aliphatic carbocycles. The first kappa shape index (κ1) is 11.7. The molecule has 5 heteroatoms. The highest BCUT2D eigenvalue weighted by Gasteiger charge is 2.00. The van der Waals surface area contributed by atoms with E-state index in [4.69, 9.17) is 11.6 Å². The molecule has 0 saturated carbocycles. The van der Waals surface area contributed by atoms with Crippen LogP contribution in [0.25, 0.3) is 0 Å². The zero-order valence-electron chi connectivity index (χ0n) is 9.68. The summed E-state index contributed by atoms with van der Waals surface area (Å²) in [5.41, 5.74) is 2.07. The van der Waals surface area contributed by atoms with Crippen LogP contribution in [0.15, 0.2) is 36.7 Å². The average molecular weight is 249 g/mol. The molecule has 1 aromatic carbocycles. The molecule has 2 rings (SSSR count). The Labute approximate surface area is 105 Å². The van der Waals surface area contributed by atoms with Gasteiger partial charge in [-0.3, -0.25) is 4.98 Å². The van der Waals surface area contributed by atoms with Crippen molar-refractivity contribution in [2.24, 2.45) is 0 Å². The molecule has 4 nitrogen and oxygen atoms in total. The fraction of sp³-hybridized carbons (Fsp3) is 0.167. The number of nitrogens with zero attached hydrogens (tertiary/aromatic N) is 3. The van der Waals surface area contributed by atoms with Gasteiger partial charge in [0, 0.05) is 25.5 Å². The highest BCUT2D eigenvalue weighted by molar-refractivity contribution is 6.29. The van der Waals surface area contributed by atoms with Crippen LogP contribution in [0.1, 0.15) is 0 Å². The lowest BCUT2D eigenvalue weighted by atomic mass is 10.2. The minimum atomic E-state index is 0.374. The fourth-order valence-electron chi connectivity index (χ4n) is 1.41. The van der Waals surface area contributed by atoms with E-state index in [0.717, 1.165) is 11.4 Å². The normalized spacial score (nSPS) is 10.1. The van der Waals surface area contributed by atoms with Crippen LogP contribution >= 0.6 is 11.6 Å². The molecule has 0 aliphatic heterocycles. The number of anilines is 3. The molecule has 0 bridgehead atoms. The highest BCUT2D eigenvalue weighted by Crippen LogP contribution is 2.20. The van der Waals surface area contributed by atoms with E-state index in [1.165, 1.54) is 6.20 Å². The minimum Gasteiger partial charge on any atom is -0.378 e. The summed E-state index contributed by atoms with van der Waals surface area (Å²) in [6.07, 6.45) is 3.14. The second-order valence-electron chi connectivity index (χ2n) is 3.80.